The number of amides is 2. The minimum Gasteiger partial charge on any atom is -0.321 e. The second kappa shape index (κ2) is 7.13. The highest BCUT2D eigenvalue weighted by molar-refractivity contribution is 5.90. The van der Waals surface area contributed by atoms with Crippen molar-refractivity contribution in [2.24, 2.45) is 5.92 Å². The lowest BCUT2D eigenvalue weighted by Crippen LogP contribution is -2.53. The van der Waals surface area contributed by atoms with Gasteiger partial charge < -0.3 is 10.2 Å². The van der Waals surface area contributed by atoms with E-state index in [1.54, 1.807) is 25.1 Å². The molecule has 3 heterocycles. The van der Waals surface area contributed by atoms with Crippen LogP contribution in [0.15, 0.2) is 36.5 Å². The van der Waals surface area contributed by atoms with E-state index in [-0.39, 0.29) is 17.9 Å². The first-order chi connectivity index (χ1) is 13.7. The largest absolute Gasteiger partial charge is 0.435 e. The lowest BCUT2D eigenvalue weighted by atomic mass is 9.77. The van der Waals surface area contributed by atoms with E-state index in [0.29, 0.717) is 35.5 Å². The SMILES string of the molecule is C=C1CC2CCC1CN2C(=O)Nc1ccc(C)c(-c2nncc(C(F)(F)F)n2)c1. The predicted molar refractivity (Wildman–Crippen MR) is 101 cm³/mol. The maximum absolute atomic E-state index is 12.9. The summed E-state index contributed by atoms with van der Waals surface area (Å²) in [4.78, 5) is 18.2. The zero-order valence-electron chi connectivity index (χ0n) is 15.8. The van der Waals surface area contributed by atoms with Gasteiger partial charge in [0.2, 0.25) is 0 Å². The van der Waals surface area contributed by atoms with E-state index in [2.05, 4.69) is 27.1 Å². The van der Waals surface area contributed by atoms with Crippen LogP contribution < -0.4 is 5.32 Å². The van der Waals surface area contributed by atoms with Crippen LogP contribution >= 0.6 is 0 Å². The summed E-state index contributed by atoms with van der Waals surface area (Å²) in [6.07, 6.45) is -1.19. The molecular formula is C20H20F3N5O. The third kappa shape index (κ3) is 3.81. The summed E-state index contributed by atoms with van der Waals surface area (Å²) in [5.41, 5.74) is 1.63. The van der Waals surface area contributed by atoms with Crippen molar-refractivity contribution < 1.29 is 18.0 Å². The second-order valence-electron chi connectivity index (χ2n) is 7.57. The van der Waals surface area contributed by atoms with Crippen LogP contribution in [-0.4, -0.2) is 38.7 Å². The first kappa shape index (κ1) is 19.4. The van der Waals surface area contributed by atoms with Gasteiger partial charge in [0.25, 0.3) is 0 Å². The van der Waals surface area contributed by atoms with Crippen molar-refractivity contribution in [3.8, 4) is 11.4 Å². The number of anilines is 1. The van der Waals surface area contributed by atoms with E-state index in [1.165, 1.54) is 5.57 Å². The number of urea groups is 1. The van der Waals surface area contributed by atoms with Crippen LogP contribution in [0.1, 0.15) is 30.5 Å². The summed E-state index contributed by atoms with van der Waals surface area (Å²) in [5, 5.41) is 10.0. The molecule has 5 rings (SSSR count). The number of alkyl halides is 3. The van der Waals surface area contributed by atoms with Crippen LogP contribution in [0.5, 0.6) is 0 Å². The number of halogens is 3. The molecule has 2 unspecified atom stereocenters. The van der Waals surface area contributed by atoms with Crippen LogP contribution in [0, 0.1) is 12.8 Å². The molecule has 2 aromatic rings. The fourth-order valence-corrected chi connectivity index (χ4v) is 3.98. The summed E-state index contributed by atoms with van der Waals surface area (Å²) in [6.45, 7) is 6.48. The molecule has 2 saturated heterocycles. The highest BCUT2D eigenvalue weighted by Crippen LogP contribution is 2.38. The fraction of sp³-hybridized carbons (Fsp3) is 0.400. The van der Waals surface area contributed by atoms with E-state index < -0.39 is 11.9 Å². The highest BCUT2D eigenvalue weighted by atomic mass is 19.4. The molecule has 2 bridgehead atoms. The van der Waals surface area contributed by atoms with Crippen LogP contribution in [0.25, 0.3) is 11.4 Å². The van der Waals surface area contributed by atoms with Gasteiger partial charge in [-0.15, -0.1) is 5.10 Å². The summed E-state index contributed by atoms with van der Waals surface area (Å²) >= 11 is 0. The van der Waals surface area contributed by atoms with E-state index in [0.717, 1.165) is 19.3 Å². The Morgan fingerprint density at radius 2 is 2.10 bits per heavy atom. The van der Waals surface area contributed by atoms with Gasteiger partial charge in [-0.2, -0.15) is 18.3 Å². The van der Waals surface area contributed by atoms with Crippen molar-refractivity contribution >= 4 is 11.7 Å². The van der Waals surface area contributed by atoms with E-state index in [1.807, 2.05) is 4.90 Å². The van der Waals surface area contributed by atoms with Crippen LogP contribution in [0.2, 0.25) is 0 Å². The normalized spacial score (nSPS) is 21.4. The Labute approximate surface area is 165 Å². The topological polar surface area (TPSA) is 71.0 Å². The Morgan fingerprint density at radius 1 is 1.31 bits per heavy atom. The van der Waals surface area contributed by atoms with Gasteiger partial charge in [-0.3, -0.25) is 0 Å². The van der Waals surface area contributed by atoms with Crippen LogP contribution in [0.4, 0.5) is 23.7 Å². The molecule has 1 aromatic heterocycles. The molecule has 1 aromatic carbocycles. The van der Waals surface area contributed by atoms with Crippen molar-refractivity contribution in [3.05, 3.63) is 47.8 Å². The number of nitrogens with zero attached hydrogens (tertiary/aromatic N) is 4. The summed E-state index contributed by atoms with van der Waals surface area (Å²) in [7, 11) is 0. The molecule has 0 spiro atoms. The minimum atomic E-state index is -4.61. The summed E-state index contributed by atoms with van der Waals surface area (Å²) in [6, 6.07) is 4.92. The predicted octanol–water partition coefficient (Wildman–Crippen LogP) is 4.44. The number of carbonyl (C=O) groups is 1. The molecule has 3 fully saturated rings. The molecule has 6 nitrogen and oxygen atoms in total. The number of benzene rings is 1. The molecule has 2 atom stereocenters. The minimum absolute atomic E-state index is 0.137. The number of aryl methyl sites for hydroxylation is 1. The van der Waals surface area contributed by atoms with Gasteiger partial charge in [-0.1, -0.05) is 18.2 Å². The molecular weight excluding hydrogens is 383 g/mol. The zero-order valence-corrected chi connectivity index (χ0v) is 15.8. The lowest BCUT2D eigenvalue weighted by molar-refractivity contribution is -0.141. The Balaban J connectivity index is 1.56. The first-order valence-corrected chi connectivity index (χ1v) is 9.35. The van der Waals surface area contributed by atoms with Gasteiger partial charge in [0, 0.05) is 23.8 Å². The lowest BCUT2D eigenvalue weighted by Gasteiger charge is -2.46. The molecule has 2 amide bonds. The molecule has 2 aliphatic heterocycles. The Kier molecular flexibility index (Phi) is 4.76. The molecule has 1 N–H and O–H groups in total. The van der Waals surface area contributed by atoms with Gasteiger partial charge in [-0.05, 0) is 49.8 Å². The third-order valence-corrected chi connectivity index (χ3v) is 5.62. The van der Waals surface area contributed by atoms with Crippen molar-refractivity contribution in [1.29, 1.82) is 0 Å². The summed E-state index contributed by atoms with van der Waals surface area (Å²) in [5.74, 6) is 0.200. The zero-order chi connectivity index (χ0) is 20.8. The van der Waals surface area contributed by atoms with Crippen LogP contribution in [-0.2, 0) is 6.18 Å². The molecule has 0 radical (unpaired) electrons. The Bertz CT molecular complexity index is 975. The molecule has 9 heteroatoms. The highest BCUT2D eigenvalue weighted by Gasteiger charge is 2.38. The molecule has 1 saturated carbocycles. The number of hydrogen-bond acceptors (Lipinski definition) is 4. The maximum atomic E-state index is 12.9. The number of carbonyl (C=O) groups excluding carboxylic acids is 1. The average molecular weight is 403 g/mol. The standard InChI is InChI=1S/C20H20F3N5O/c1-11-3-5-14(8-16(11)18-26-17(9-24-27-18)20(21,22)23)25-19(29)28-10-13-4-6-15(28)7-12(13)2/h3,5,8-9,13,15H,2,4,6-7,10H2,1H3,(H,25,29). The number of aromatic nitrogens is 3. The van der Waals surface area contributed by atoms with Gasteiger partial charge >= 0.3 is 12.2 Å². The smallest absolute Gasteiger partial charge is 0.321 e. The monoisotopic (exact) mass is 403 g/mol. The van der Waals surface area contributed by atoms with Crippen molar-refractivity contribution in [3.63, 3.8) is 0 Å². The average Bonchev–Trinajstić information content (AvgIpc) is 2.69. The van der Waals surface area contributed by atoms with Crippen LogP contribution in [0.3, 0.4) is 0 Å². The van der Waals surface area contributed by atoms with Gasteiger partial charge in [0.1, 0.15) is 0 Å². The number of rotatable bonds is 2. The van der Waals surface area contributed by atoms with Gasteiger partial charge in [-0.25, -0.2) is 9.78 Å². The van der Waals surface area contributed by atoms with E-state index >= 15 is 0 Å². The Morgan fingerprint density at radius 3 is 2.76 bits per heavy atom. The van der Waals surface area contributed by atoms with E-state index in [4.69, 9.17) is 0 Å². The Hall–Kier alpha value is -2.97. The molecule has 152 valence electrons. The molecule has 1 aliphatic carbocycles. The maximum Gasteiger partial charge on any atom is 0.435 e. The first-order valence-electron chi connectivity index (χ1n) is 9.35. The second-order valence-corrected chi connectivity index (χ2v) is 7.57. The van der Waals surface area contributed by atoms with Gasteiger partial charge in [0.15, 0.2) is 11.5 Å². The van der Waals surface area contributed by atoms with Crippen molar-refractivity contribution in [2.75, 3.05) is 11.9 Å². The quantitative estimate of drug-likeness (QED) is 0.753. The fourth-order valence-electron chi connectivity index (χ4n) is 3.98. The number of nitrogens with one attached hydrogen (secondary N) is 1. The number of hydrogen-bond donors (Lipinski definition) is 1. The summed E-state index contributed by atoms with van der Waals surface area (Å²) < 4.78 is 38.8. The third-order valence-electron chi connectivity index (χ3n) is 5.62. The molecule has 29 heavy (non-hydrogen) atoms. The van der Waals surface area contributed by atoms with E-state index in [9.17, 15) is 18.0 Å². The molecule has 3 aliphatic rings. The van der Waals surface area contributed by atoms with Crippen molar-refractivity contribution in [2.45, 2.75) is 38.4 Å². The van der Waals surface area contributed by atoms with Crippen molar-refractivity contribution in [1.82, 2.24) is 20.1 Å². The number of fused-ring (bicyclic) bond motifs is 3. The number of piperidine rings is 2. The van der Waals surface area contributed by atoms with Gasteiger partial charge in [0.05, 0.1) is 6.20 Å².